The van der Waals surface area contributed by atoms with Crippen LogP contribution in [0, 0.1) is 5.92 Å². The van der Waals surface area contributed by atoms with Crippen molar-refractivity contribution in [2.75, 3.05) is 5.75 Å². The van der Waals surface area contributed by atoms with E-state index in [2.05, 4.69) is 5.32 Å². The number of carboxylic acids is 1. The van der Waals surface area contributed by atoms with Gasteiger partial charge in [0.15, 0.2) is 5.78 Å². The van der Waals surface area contributed by atoms with Crippen molar-refractivity contribution in [1.82, 2.24) is 5.32 Å². The topological polar surface area (TPSA) is 109 Å². The molecule has 3 rings (SSSR count). The number of hydrogen-bond donors (Lipinski definition) is 3. The fourth-order valence-electron chi connectivity index (χ4n) is 3.18. The molecule has 1 aromatic carbocycles. The molecule has 1 aliphatic carbocycles. The minimum Gasteiger partial charge on any atom is -0.478 e. The van der Waals surface area contributed by atoms with Gasteiger partial charge in [0.25, 0.3) is 0 Å². The number of thioether (sulfide) groups is 1. The fraction of sp³-hybridized carbons (Fsp3) is 0.353. The summed E-state index contributed by atoms with van der Waals surface area (Å²) >= 11 is 1.51. The zero-order valence-corrected chi connectivity index (χ0v) is 13.9. The highest BCUT2D eigenvalue weighted by Crippen LogP contribution is 2.45. The average Bonchev–Trinajstić information content (AvgIpc) is 2.59. The highest BCUT2D eigenvalue weighted by molar-refractivity contribution is 8.00. The fourth-order valence-corrected chi connectivity index (χ4v) is 4.63. The first kappa shape index (κ1) is 16.7. The van der Waals surface area contributed by atoms with Crippen molar-refractivity contribution in [2.24, 2.45) is 11.7 Å². The van der Waals surface area contributed by atoms with E-state index in [1.54, 1.807) is 31.2 Å². The summed E-state index contributed by atoms with van der Waals surface area (Å²) in [5.74, 6) is -1.83. The van der Waals surface area contributed by atoms with E-state index in [1.165, 1.54) is 11.8 Å². The maximum absolute atomic E-state index is 12.4. The smallest absolute Gasteiger partial charge is 0.332 e. The van der Waals surface area contributed by atoms with Crippen LogP contribution in [-0.4, -0.2) is 39.8 Å². The lowest BCUT2D eigenvalue weighted by Crippen LogP contribution is -2.65. The van der Waals surface area contributed by atoms with Crippen LogP contribution in [0.25, 0.3) is 0 Å². The highest BCUT2D eigenvalue weighted by atomic mass is 32.2. The molecule has 1 amide bonds. The number of amides is 1. The van der Waals surface area contributed by atoms with Gasteiger partial charge in [0, 0.05) is 16.6 Å². The first-order valence-electron chi connectivity index (χ1n) is 7.61. The summed E-state index contributed by atoms with van der Waals surface area (Å²) < 4.78 is 0. The van der Waals surface area contributed by atoms with Crippen LogP contribution in [0.4, 0.5) is 0 Å². The molecule has 24 heavy (non-hydrogen) atoms. The maximum Gasteiger partial charge on any atom is 0.332 e. The molecule has 0 bridgehead atoms. The summed E-state index contributed by atoms with van der Waals surface area (Å²) in [7, 11) is 0. The predicted octanol–water partition coefficient (Wildman–Crippen LogP) is 0.887. The van der Waals surface area contributed by atoms with Gasteiger partial charge < -0.3 is 16.2 Å². The Balaban J connectivity index is 1.71. The zero-order chi connectivity index (χ0) is 17.4. The van der Waals surface area contributed by atoms with Gasteiger partial charge in [0.2, 0.25) is 5.91 Å². The van der Waals surface area contributed by atoms with Gasteiger partial charge in [0.1, 0.15) is 12.1 Å². The second kappa shape index (κ2) is 6.41. The number of nitrogens with two attached hydrogens (primary N) is 1. The molecule has 1 fully saturated rings. The molecule has 0 saturated heterocycles. The zero-order valence-electron chi connectivity index (χ0n) is 13.1. The third kappa shape index (κ3) is 2.74. The lowest BCUT2D eigenvalue weighted by molar-refractivity contribution is -0.140. The number of carboxylic acid groups (broad SMARTS) is 1. The monoisotopic (exact) mass is 346 g/mol. The van der Waals surface area contributed by atoms with E-state index in [-0.39, 0.29) is 16.6 Å². The summed E-state index contributed by atoms with van der Waals surface area (Å²) in [6.07, 6.45) is 0. The summed E-state index contributed by atoms with van der Waals surface area (Å²) in [6.45, 7) is 1.73. The van der Waals surface area contributed by atoms with E-state index >= 15 is 0 Å². The van der Waals surface area contributed by atoms with Crippen LogP contribution in [-0.2, 0) is 14.4 Å². The van der Waals surface area contributed by atoms with Gasteiger partial charge in [-0.2, -0.15) is 11.8 Å². The van der Waals surface area contributed by atoms with Crippen LogP contribution in [0.5, 0.6) is 0 Å². The minimum absolute atomic E-state index is 0.182. The molecule has 1 saturated carbocycles. The van der Waals surface area contributed by atoms with Gasteiger partial charge in [-0.3, -0.25) is 9.59 Å². The maximum atomic E-state index is 12.4. The molecule has 126 valence electrons. The molecule has 7 heteroatoms. The number of nitrogens with one attached hydrogen (secondary N) is 1. The van der Waals surface area contributed by atoms with E-state index in [0.717, 1.165) is 0 Å². The third-order valence-electron chi connectivity index (χ3n) is 4.50. The molecule has 4 atom stereocenters. The highest BCUT2D eigenvalue weighted by Gasteiger charge is 2.56. The summed E-state index contributed by atoms with van der Waals surface area (Å²) in [5, 5.41) is 11.8. The number of Topliss-reactive ketones (excluding diaryl/α,β-unsaturated/α-hetero) is 1. The number of ketones is 1. The normalized spacial score (nSPS) is 27.1. The van der Waals surface area contributed by atoms with Crippen LogP contribution >= 0.6 is 11.8 Å². The molecule has 1 heterocycles. The van der Waals surface area contributed by atoms with Gasteiger partial charge in [-0.15, -0.1) is 0 Å². The van der Waals surface area contributed by atoms with Crippen LogP contribution in [0.15, 0.2) is 41.5 Å². The predicted molar refractivity (Wildman–Crippen MR) is 90.4 cm³/mol. The van der Waals surface area contributed by atoms with Gasteiger partial charge in [-0.05, 0) is 12.5 Å². The quantitative estimate of drug-likeness (QED) is 0.747. The van der Waals surface area contributed by atoms with E-state index in [1.807, 2.05) is 6.07 Å². The second-order valence-corrected chi connectivity index (χ2v) is 7.20. The third-order valence-corrected chi connectivity index (χ3v) is 6.03. The molecular weight excluding hydrogens is 328 g/mol. The van der Waals surface area contributed by atoms with Gasteiger partial charge in [-0.25, -0.2) is 4.79 Å². The lowest BCUT2D eigenvalue weighted by atomic mass is 9.71. The Hall–Kier alpha value is -2.12. The Morgan fingerprint density at radius 3 is 2.62 bits per heavy atom. The van der Waals surface area contributed by atoms with E-state index in [4.69, 9.17) is 5.73 Å². The molecule has 3 unspecified atom stereocenters. The second-order valence-electron chi connectivity index (χ2n) is 6.03. The molecule has 0 spiro atoms. The lowest BCUT2D eigenvalue weighted by Gasteiger charge is -2.46. The molecule has 6 nitrogen and oxygen atoms in total. The number of fused-ring (bicyclic) bond motifs is 1. The van der Waals surface area contributed by atoms with E-state index < -0.39 is 29.9 Å². The molecule has 0 aromatic heterocycles. The Morgan fingerprint density at radius 2 is 2.00 bits per heavy atom. The van der Waals surface area contributed by atoms with Gasteiger partial charge in [0.05, 0.1) is 5.92 Å². The van der Waals surface area contributed by atoms with Crippen molar-refractivity contribution < 1.29 is 19.5 Å². The first-order chi connectivity index (χ1) is 11.4. The summed E-state index contributed by atoms with van der Waals surface area (Å²) in [4.78, 5) is 36.1. The van der Waals surface area contributed by atoms with E-state index in [9.17, 15) is 19.5 Å². The van der Waals surface area contributed by atoms with Gasteiger partial charge in [-0.1, -0.05) is 35.9 Å². The van der Waals surface area contributed by atoms with Crippen LogP contribution in [0.1, 0.15) is 18.5 Å². The number of carbonyl (C=O) groups excluding carboxylic acids is 2. The van der Waals surface area contributed by atoms with Gasteiger partial charge >= 0.3 is 5.97 Å². The molecule has 1 aliphatic heterocycles. The van der Waals surface area contributed by atoms with Crippen molar-refractivity contribution in [3.63, 3.8) is 0 Å². The number of carbonyl (C=O) groups is 3. The molecule has 4 N–H and O–H groups in total. The number of benzene rings is 1. The van der Waals surface area contributed by atoms with Crippen molar-refractivity contribution in [3.8, 4) is 0 Å². The average molecular weight is 346 g/mol. The Morgan fingerprint density at radius 1 is 1.33 bits per heavy atom. The van der Waals surface area contributed by atoms with Crippen molar-refractivity contribution in [2.45, 2.75) is 24.3 Å². The van der Waals surface area contributed by atoms with E-state index in [0.29, 0.717) is 16.9 Å². The number of rotatable bonds is 4. The largest absolute Gasteiger partial charge is 0.478 e. The summed E-state index contributed by atoms with van der Waals surface area (Å²) in [6, 6.07) is 7.37. The van der Waals surface area contributed by atoms with Crippen molar-refractivity contribution in [1.29, 1.82) is 0 Å². The Bertz CT molecular complexity index is 731. The molecule has 1 aromatic rings. The minimum atomic E-state index is -1.05. The van der Waals surface area contributed by atoms with Crippen LogP contribution in [0.3, 0.4) is 0 Å². The Kier molecular flexibility index (Phi) is 4.47. The SMILES string of the molecule is CC1=C(C(=O)O)C2C(=O)[C@@H](NC(=O)C(N)c3ccccc3)C2SC1. The standard InChI is InChI=1S/C17H18N2O4S/c1-8-7-24-15-11(10(8)17(22)23)14(20)13(15)19-16(21)12(18)9-5-3-2-4-6-9/h2-6,11-13,15H,7,18H2,1H3,(H,19,21)(H,22,23)/t11?,12?,13-,15?/m1/s1. The van der Waals surface area contributed by atoms with Crippen molar-refractivity contribution >= 4 is 29.4 Å². The first-order valence-corrected chi connectivity index (χ1v) is 8.66. The summed E-state index contributed by atoms with van der Waals surface area (Å²) in [5.41, 5.74) is 7.50. The van der Waals surface area contributed by atoms with Crippen LogP contribution < -0.4 is 11.1 Å². The Labute approximate surface area is 143 Å². The molecular formula is C17H18N2O4S. The van der Waals surface area contributed by atoms with Crippen molar-refractivity contribution in [3.05, 3.63) is 47.0 Å². The molecule has 2 aliphatic rings. The number of aliphatic carboxylic acids is 1. The number of hydrogen-bond acceptors (Lipinski definition) is 5. The van der Waals surface area contributed by atoms with Crippen LogP contribution in [0.2, 0.25) is 0 Å². The molecule has 0 radical (unpaired) electrons.